The van der Waals surface area contributed by atoms with Crippen LogP contribution in [0, 0.1) is 11.3 Å². The fourth-order valence-electron chi connectivity index (χ4n) is 1.87. The van der Waals surface area contributed by atoms with Gasteiger partial charge in [0.1, 0.15) is 0 Å². The van der Waals surface area contributed by atoms with Crippen molar-refractivity contribution in [3.05, 3.63) is 0 Å². The van der Waals surface area contributed by atoms with Gasteiger partial charge in [0.05, 0.1) is 0 Å². The summed E-state index contributed by atoms with van der Waals surface area (Å²) >= 11 is 0. The molecule has 0 bridgehead atoms. The summed E-state index contributed by atoms with van der Waals surface area (Å²) in [4.78, 5) is 2.66. The van der Waals surface area contributed by atoms with Crippen molar-refractivity contribution in [3.63, 3.8) is 0 Å². The van der Waals surface area contributed by atoms with Crippen LogP contribution < -0.4 is 5.73 Å². The fraction of sp³-hybridized carbons (Fsp3) is 1.00. The molecule has 0 radical (unpaired) electrons. The van der Waals surface area contributed by atoms with Gasteiger partial charge < -0.3 is 5.73 Å². The second kappa shape index (κ2) is 5.31. The van der Waals surface area contributed by atoms with Crippen LogP contribution in [0.15, 0.2) is 0 Å². The molecule has 0 saturated heterocycles. The van der Waals surface area contributed by atoms with E-state index >= 15 is 0 Å². The largest absolute Gasteiger partial charge is 0.330 e. The molecule has 0 heterocycles. The predicted octanol–water partition coefficient (Wildman–Crippen LogP) is 2.48. The van der Waals surface area contributed by atoms with Crippen molar-refractivity contribution in [1.82, 2.24) is 4.90 Å². The average molecular weight is 212 g/mol. The highest BCUT2D eigenvalue weighted by Crippen LogP contribution is 2.30. The summed E-state index contributed by atoms with van der Waals surface area (Å²) in [6, 6.07) is 0.870. The quantitative estimate of drug-likeness (QED) is 0.702. The lowest BCUT2D eigenvalue weighted by Crippen LogP contribution is -2.40. The Bertz CT molecular complexity index is 183. The zero-order chi connectivity index (χ0) is 11.5. The Morgan fingerprint density at radius 3 is 2.33 bits per heavy atom. The molecule has 2 nitrogen and oxygen atoms in total. The van der Waals surface area contributed by atoms with Crippen LogP contribution in [-0.2, 0) is 0 Å². The number of nitrogens with zero attached hydrogens (tertiary/aromatic N) is 1. The zero-order valence-corrected chi connectivity index (χ0v) is 10.9. The van der Waals surface area contributed by atoms with E-state index in [1.165, 1.54) is 32.4 Å². The molecule has 2 N–H and O–H groups in total. The van der Waals surface area contributed by atoms with E-state index in [1.54, 1.807) is 0 Å². The lowest BCUT2D eigenvalue weighted by atomic mass is 9.92. The van der Waals surface area contributed by atoms with Gasteiger partial charge in [0.15, 0.2) is 0 Å². The van der Waals surface area contributed by atoms with Gasteiger partial charge in [-0.25, -0.2) is 0 Å². The standard InChI is InChI=1S/C13H28N2/c1-11(2)7-8-15(12-5-6-12)10-13(3,4)9-14/h11-12H,5-10,14H2,1-4H3. The van der Waals surface area contributed by atoms with Gasteiger partial charge in [-0.2, -0.15) is 0 Å². The van der Waals surface area contributed by atoms with Crippen molar-refractivity contribution in [1.29, 1.82) is 0 Å². The van der Waals surface area contributed by atoms with E-state index in [1.807, 2.05) is 0 Å². The predicted molar refractivity (Wildman–Crippen MR) is 66.9 cm³/mol. The lowest BCUT2D eigenvalue weighted by Gasteiger charge is -2.32. The average Bonchev–Trinajstić information content (AvgIpc) is 2.95. The van der Waals surface area contributed by atoms with Crippen LogP contribution in [-0.4, -0.2) is 30.6 Å². The summed E-state index contributed by atoms with van der Waals surface area (Å²) in [5, 5.41) is 0. The minimum atomic E-state index is 0.277. The number of nitrogens with two attached hydrogens (primary N) is 1. The summed E-state index contributed by atoms with van der Waals surface area (Å²) in [6.07, 6.45) is 4.12. The molecule has 1 fully saturated rings. The first kappa shape index (κ1) is 13.0. The summed E-state index contributed by atoms with van der Waals surface area (Å²) in [5.41, 5.74) is 6.08. The number of hydrogen-bond acceptors (Lipinski definition) is 2. The van der Waals surface area contributed by atoms with Crippen LogP contribution in [0.2, 0.25) is 0 Å². The van der Waals surface area contributed by atoms with Crippen molar-refractivity contribution in [3.8, 4) is 0 Å². The van der Waals surface area contributed by atoms with Gasteiger partial charge in [0, 0.05) is 12.6 Å². The first-order valence-corrected chi connectivity index (χ1v) is 6.39. The second-order valence-corrected chi connectivity index (χ2v) is 6.25. The molecule has 0 spiro atoms. The first-order valence-electron chi connectivity index (χ1n) is 6.39. The first-order chi connectivity index (χ1) is 6.94. The van der Waals surface area contributed by atoms with Crippen LogP contribution in [0.4, 0.5) is 0 Å². The molecule has 0 atom stereocenters. The molecule has 1 saturated carbocycles. The van der Waals surface area contributed by atoms with Crippen molar-refractivity contribution in [2.75, 3.05) is 19.6 Å². The maximum atomic E-state index is 5.80. The molecule has 2 heteroatoms. The molecule has 0 amide bonds. The Labute approximate surface area is 95.2 Å². The minimum absolute atomic E-state index is 0.277. The van der Waals surface area contributed by atoms with E-state index in [-0.39, 0.29) is 5.41 Å². The molecule has 15 heavy (non-hydrogen) atoms. The van der Waals surface area contributed by atoms with E-state index < -0.39 is 0 Å². The van der Waals surface area contributed by atoms with Crippen molar-refractivity contribution in [2.45, 2.75) is 53.0 Å². The number of rotatable bonds is 7. The van der Waals surface area contributed by atoms with Gasteiger partial charge in [-0.3, -0.25) is 4.90 Å². The van der Waals surface area contributed by atoms with Crippen LogP contribution in [0.5, 0.6) is 0 Å². The molecule has 0 aromatic carbocycles. The second-order valence-electron chi connectivity index (χ2n) is 6.25. The highest BCUT2D eigenvalue weighted by molar-refractivity contribution is 4.87. The molecule has 0 aromatic heterocycles. The van der Waals surface area contributed by atoms with Gasteiger partial charge >= 0.3 is 0 Å². The third-order valence-electron chi connectivity index (χ3n) is 3.24. The Morgan fingerprint density at radius 1 is 1.33 bits per heavy atom. The molecular weight excluding hydrogens is 184 g/mol. The molecule has 90 valence electrons. The Balaban J connectivity index is 2.37. The summed E-state index contributed by atoms with van der Waals surface area (Å²) in [5.74, 6) is 0.812. The van der Waals surface area contributed by atoms with E-state index in [2.05, 4.69) is 32.6 Å². The minimum Gasteiger partial charge on any atom is -0.330 e. The van der Waals surface area contributed by atoms with Crippen LogP contribution in [0.25, 0.3) is 0 Å². The normalized spacial score (nSPS) is 17.8. The highest BCUT2D eigenvalue weighted by atomic mass is 15.2. The molecule has 0 aromatic rings. The molecule has 1 aliphatic rings. The third-order valence-corrected chi connectivity index (χ3v) is 3.24. The van der Waals surface area contributed by atoms with Gasteiger partial charge in [-0.05, 0) is 43.7 Å². The Kier molecular flexibility index (Phi) is 4.60. The van der Waals surface area contributed by atoms with Crippen molar-refractivity contribution in [2.24, 2.45) is 17.1 Å². The van der Waals surface area contributed by atoms with Gasteiger partial charge in [-0.15, -0.1) is 0 Å². The fourth-order valence-corrected chi connectivity index (χ4v) is 1.87. The lowest BCUT2D eigenvalue weighted by molar-refractivity contribution is 0.167. The summed E-state index contributed by atoms with van der Waals surface area (Å²) in [7, 11) is 0. The molecule has 0 aliphatic heterocycles. The van der Waals surface area contributed by atoms with Gasteiger partial charge in [0.2, 0.25) is 0 Å². The molecule has 1 aliphatic carbocycles. The smallest absolute Gasteiger partial charge is 0.00966 e. The van der Waals surface area contributed by atoms with E-state index in [9.17, 15) is 0 Å². The summed E-state index contributed by atoms with van der Waals surface area (Å²) in [6.45, 7) is 12.4. The van der Waals surface area contributed by atoms with E-state index in [4.69, 9.17) is 5.73 Å². The van der Waals surface area contributed by atoms with Crippen molar-refractivity contribution < 1.29 is 0 Å². The Hall–Kier alpha value is -0.0800. The maximum Gasteiger partial charge on any atom is 0.00966 e. The van der Waals surface area contributed by atoms with Gasteiger partial charge in [-0.1, -0.05) is 27.7 Å². The molecule has 1 rings (SSSR count). The monoisotopic (exact) mass is 212 g/mol. The third kappa shape index (κ3) is 4.98. The van der Waals surface area contributed by atoms with E-state index in [0.717, 1.165) is 18.5 Å². The van der Waals surface area contributed by atoms with Gasteiger partial charge in [0.25, 0.3) is 0 Å². The maximum absolute atomic E-state index is 5.80. The topological polar surface area (TPSA) is 29.3 Å². The van der Waals surface area contributed by atoms with Crippen molar-refractivity contribution >= 4 is 0 Å². The van der Waals surface area contributed by atoms with Crippen LogP contribution in [0.3, 0.4) is 0 Å². The Morgan fingerprint density at radius 2 is 1.93 bits per heavy atom. The van der Waals surface area contributed by atoms with Crippen LogP contribution in [0.1, 0.15) is 47.0 Å². The highest BCUT2D eigenvalue weighted by Gasteiger charge is 2.32. The summed E-state index contributed by atoms with van der Waals surface area (Å²) < 4.78 is 0. The van der Waals surface area contributed by atoms with Crippen LogP contribution >= 0.6 is 0 Å². The molecule has 0 unspecified atom stereocenters. The molecular formula is C13H28N2. The SMILES string of the molecule is CC(C)CCN(CC(C)(C)CN)C1CC1. The van der Waals surface area contributed by atoms with E-state index in [0.29, 0.717) is 0 Å². The number of hydrogen-bond donors (Lipinski definition) is 1. The zero-order valence-electron chi connectivity index (χ0n) is 10.9.